The third-order valence-electron chi connectivity index (χ3n) is 5.65. The number of fused-ring (bicyclic) bond motifs is 2. The van der Waals surface area contributed by atoms with E-state index in [4.69, 9.17) is 33.2 Å². The van der Waals surface area contributed by atoms with Crippen LogP contribution in [0.1, 0.15) is 17.0 Å². The fourth-order valence-corrected chi connectivity index (χ4v) is 4.33. The zero-order chi connectivity index (χ0) is 21.7. The lowest BCUT2D eigenvalue weighted by molar-refractivity contribution is -0.136. The summed E-state index contributed by atoms with van der Waals surface area (Å²) < 4.78 is 38.9. The molecule has 0 saturated heterocycles. The van der Waals surface area contributed by atoms with Gasteiger partial charge in [-0.3, -0.25) is 0 Å². The zero-order valence-corrected chi connectivity index (χ0v) is 17.5. The van der Waals surface area contributed by atoms with Crippen molar-refractivity contribution in [3.05, 3.63) is 40.6 Å². The molecule has 0 radical (unpaired) electrons. The first-order chi connectivity index (χ1) is 15.1. The van der Waals surface area contributed by atoms with Crippen LogP contribution in [0.25, 0.3) is 0 Å². The second-order valence-electron chi connectivity index (χ2n) is 7.09. The number of methoxy groups -OCH3 is 4. The lowest BCUT2D eigenvalue weighted by Gasteiger charge is -2.29. The largest absolute Gasteiger partial charge is 0.493 e. The Kier molecular flexibility index (Phi) is 4.46. The minimum atomic E-state index is -0.514. The standard InChI is InChI=1S/C22H21NO8/c1-25-16-6-11(19(26-2)21(28-4)20(16)27-3)17-10-5-14-15(31-9-30-14)7-12(10)23-13-8-29-22(24)18(13)17/h5-7,17,23H,8-9H2,1-4H3. The van der Waals surface area contributed by atoms with Crippen LogP contribution in [-0.4, -0.2) is 47.8 Å². The lowest BCUT2D eigenvalue weighted by atomic mass is 9.80. The van der Waals surface area contributed by atoms with Gasteiger partial charge in [0.1, 0.15) is 6.61 Å². The van der Waals surface area contributed by atoms with Crippen LogP contribution in [0.3, 0.4) is 0 Å². The summed E-state index contributed by atoms with van der Waals surface area (Å²) >= 11 is 0. The first-order valence-corrected chi connectivity index (χ1v) is 9.58. The quantitative estimate of drug-likeness (QED) is 0.723. The van der Waals surface area contributed by atoms with Crippen LogP contribution in [0.2, 0.25) is 0 Å². The molecule has 3 aliphatic heterocycles. The van der Waals surface area contributed by atoms with E-state index >= 15 is 0 Å². The summed E-state index contributed by atoms with van der Waals surface area (Å²) in [6, 6.07) is 5.52. The molecule has 9 nitrogen and oxygen atoms in total. The van der Waals surface area contributed by atoms with Crippen LogP contribution in [0.4, 0.5) is 5.69 Å². The Hall–Kier alpha value is -3.75. The van der Waals surface area contributed by atoms with E-state index in [0.29, 0.717) is 51.3 Å². The number of cyclic esters (lactones) is 1. The Bertz CT molecular complexity index is 1120. The first kappa shape index (κ1) is 19.2. The van der Waals surface area contributed by atoms with Gasteiger partial charge in [0.25, 0.3) is 0 Å². The van der Waals surface area contributed by atoms with Crippen molar-refractivity contribution in [3.63, 3.8) is 0 Å². The van der Waals surface area contributed by atoms with Gasteiger partial charge in [-0.25, -0.2) is 4.79 Å². The highest BCUT2D eigenvalue weighted by atomic mass is 16.7. The van der Waals surface area contributed by atoms with Crippen molar-refractivity contribution in [1.82, 2.24) is 0 Å². The maximum atomic E-state index is 12.8. The van der Waals surface area contributed by atoms with Gasteiger partial charge >= 0.3 is 5.97 Å². The van der Waals surface area contributed by atoms with E-state index in [0.717, 1.165) is 11.3 Å². The molecule has 0 bridgehead atoms. The summed E-state index contributed by atoms with van der Waals surface area (Å²) in [4.78, 5) is 12.8. The molecule has 3 heterocycles. The molecule has 0 aromatic heterocycles. The highest BCUT2D eigenvalue weighted by Crippen LogP contribution is 2.55. The smallest absolute Gasteiger partial charge is 0.337 e. The molecular formula is C22H21NO8. The number of benzene rings is 2. The van der Waals surface area contributed by atoms with Crippen molar-refractivity contribution in [2.24, 2.45) is 0 Å². The van der Waals surface area contributed by atoms with Crippen LogP contribution >= 0.6 is 0 Å². The maximum Gasteiger partial charge on any atom is 0.337 e. The van der Waals surface area contributed by atoms with Crippen molar-refractivity contribution in [1.29, 1.82) is 0 Å². The van der Waals surface area contributed by atoms with Crippen molar-refractivity contribution >= 4 is 11.7 Å². The van der Waals surface area contributed by atoms with Crippen molar-refractivity contribution < 1.29 is 38.0 Å². The first-order valence-electron chi connectivity index (χ1n) is 9.58. The van der Waals surface area contributed by atoms with Gasteiger partial charge in [-0.1, -0.05) is 0 Å². The molecule has 9 heteroatoms. The van der Waals surface area contributed by atoms with E-state index < -0.39 is 11.9 Å². The van der Waals surface area contributed by atoms with Gasteiger partial charge in [-0.05, 0) is 17.7 Å². The molecule has 0 saturated carbocycles. The number of carbonyl (C=O) groups excluding carboxylic acids is 1. The Balaban J connectivity index is 1.80. The van der Waals surface area contributed by atoms with Gasteiger partial charge in [0, 0.05) is 23.2 Å². The Labute approximate surface area is 178 Å². The van der Waals surface area contributed by atoms with Crippen LogP contribution < -0.4 is 33.7 Å². The minimum Gasteiger partial charge on any atom is -0.493 e. The molecule has 2 aromatic rings. The van der Waals surface area contributed by atoms with E-state index in [1.165, 1.54) is 28.4 Å². The zero-order valence-electron chi connectivity index (χ0n) is 17.5. The Morgan fingerprint density at radius 3 is 2.23 bits per heavy atom. The molecule has 1 unspecified atom stereocenters. The van der Waals surface area contributed by atoms with Crippen LogP contribution in [0, 0.1) is 0 Å². The Morgan fingerprint density at radius 1 is 0.839 bits per heavy atom. The lowest BCUT2D eigenvalue weighted by Crippen LogP contribution is -2.20. The number of esters is 1. The molecule has 1 atom stereocenters. The topological polar surface area (TPSA) is 93.7 Å². The second-order valence-corrected chi connectivity index (χ2v) is 7.09. The number of ether oxygens (including phenoxy) is 7. The fourth-order valence-electron chi connectivity index (χ4n) is 4.33. The summed E-state index contributed by atoms with van der Waals surface area (Å²) in [6.45, 7) is 0.302. The molecular weight excluding hydrogens is 406 g/mol. The second kappa shape index (κ2) is 7.19. The van der Waals surface area contributed by atoms with E-state index in [2.05, 4.69) is 5.32 Å². The molecule has 0 fully saturated rings. The van der Waals surface area contributed by atoms with Crippen molar-refractivity contribution in [3.8, 4) is 34.5 Å². The normalized spacial score (nSPS) is 18.1. The fraction of sp³-hybridized carbons (Fsp3) is 0.318. The molecule has 1 N–H and O–H groups in total. The van der Waals surface area contributed by atoms with Gasteiger partial charge in [0.15, 0.2) is 23.0 Å². The van der Waals surface area contributed by atoms with Gasteiger partial charge < -0.3 is 38.5 Å². The molecule has 0 aliphatic carbocycles. The predicted octanol–water partition coefficient (Wildman–Crippen LogP) is 2.82. The monoisotopic (exact) mass is 427 g/mol. The van der Waals surface area contributed by atoms with Gasteiger partial charge in [0.2, 0.25) is 18.3 Å². The number of nitrogens with one attached hydrogen (secondary N) is 1. The number of hydrogen-bond donors (Lipinski definition) is 1. The SMILES string of the molecule is COc1cc(C2C3=C(COC3=O)Nc3cc4c(cc32)OCO4)c(OC)c(OC)c1OC. The number of hydrogen-bond acceptors (Lipinski definition) is 9. The van der Waals surface area contributed by atoms with Gasteiger partial charge in [-0.15, -0.1) is 0 Å². The molecule has 2 aromatic carbocycles. The number of carbonyl (C=O) groups is 1. The minimum absolute atomic E-state index is 0.144. The maximum absolute atomic E-state index is 12.8. The summed E-state index contributed by atoms with van der Waals surface area (Å²) in [5.74, 6) is 1.98. The van der Waals surface area contributed by atoms with Gasteiger partial charge in [0.05, 0.1) is 39.7 Å². The van der Waals surface area contributed by atoms with Crippen LogP contribution in [0.15, 0.2) is 29.5 Å². The summed E-state index contributed by atoms with van der Waals surface area (Å²) in [6.07, 6.45) is 0. The molecule has 31 heavy (non-hydrogen) atoms. The van der Waals surface area contributed by atoms with Crippen LogP contribution in [-0.2, 0) is 9.53 Å². The average molecular weight is 427 g/mol. The van der Waals surface area contributed by atoms with E-state index in [1.807, 2.05) is 12.1 Å². The molecule has 5 rings (SSSR count). The predicted molar refractivity (Wildman–Crippen MR) is 109 cm³/mol. The van der Waals surface area contributed by atoms with Crippen molar-refractivity contribution in [2.75, 3.05) is 47.2 Å². The molecule has 162 valence electrons. The third-order valence-corrected chi connectivity index (χ3v) is 5.65. The molecule has 0 amide bonds. The van der Waals surface area contributed by atoms with E-state index in [9.17, 15) is 4.79 Å². The Morgan fingerprint density at radius 2 is 1.55 bits per heavy atom. The number of anilines is 1. The molecule has 3 aliphatic rings. The van der Waals surface area contributed by atoms with Crippen molar-refractivity contribution in [2.45, 2.75) is 5.92 Å². The highest BCUT2D eigenvalue weighted by Gasteiger charge is 2.42. The van der Waals surface area contributed by atoms with E-state index in [-0.39, 0.29) is 13.4 Å². The molecule has 0 spiro atoms. The number of rotatable bonds is 5. The van der Waals surface area contributed by atoms with Gasteiger partial charge in [-0.2, -0.15) is 0 Å². The van der Waals surface area contributed by atoms with Crippen LogP contribution in [0.5, 0.6) is 34.5 Å². The third kappa shape index (κ3) is 2.73. The summed E-state index contributed by atoms with van der Waals surface area (Å²) in [5.41, 5.74) is 3.47. The highest BCUT2D eigenvalue weighted by molar-refractivity contribution is 5.98. The van der Waals surface area contributed by atoms with E-state index in [1.54, 1.807) is 6.07 Å². The summed E-state index contributed by atoms with van der Waals surface area (Å²) in [5, 5.41) is 3.31. The summed E-state index contributed by atoms with van der Waals surface area (Å²) in [7, 11) is 6.12. The average Bonchev–Trinajstić information content (AvgIpc) is 3.40.